The van der Waals surface area contributed by atoms with Gasteiger partial charge in [-0.05, 0) is 19.4 Å². The molecule has 0 saturated carbocycles. The highest BCUT2D eigenvalue weighted by atomic mass is 16.6. The molecule has 0 unspecified atom stereocenters. The van der Waals surface area contributed by atoms with Crippen molar-refractivity contribution in [2.24, 2.45) is 0 Å². The number of rotatable bonds is 5. The van der Waals surface area contributed by atoms with Crippen molar-refractivity contribution in [3.8, 4) is 0 Å². The molecule has 0 bridgehead atoms. The Morgan fingerprint density at radius 1 is 1.22 bits per heavy atom. The number of carbonyl (C=O) groups is 1. The summed E-state index contributed by atoms with van der Waals surface area (Å²) in [5.74, 6) is 0. The van der Waals surface area contributed by atoms with Gasteiger partial charge in [-0.1, -0.05) is 30.3 Å². The molecule has 2 aromatic rings. The number of aromatic nitrogens is 2. The van der Waals surface area contributed by atoms with Crippen molar-refractivity contribution in [3.05, 3.63) is 75.4 Å². The molecule has 2 rings (SSSR count). The van der Waals surface area contributed by atoms with Crippen molar-refractivity contribution >= 4 is 6.09 Å². The lowest BCUT2D eigenvalue weighted by Crippen LogP contribution is -2.45. The molecule has 0 amide bonds. The van der Waals surface area contributed by atoms with E-state index in [1.807, 2.05) is 6.07 Å². The van der Waals surface area contributed by atoms with Crippen LogP contribution in [0.2, 0.25) is 0 Å². The molecule has 0 saturated heterocycles. The minimum atomic E-state index is -1.02. The van der Waals surface area contributed by atoms with E-state index >= 15 is 0 Å². The highest BCUT2D eigenvalue weighted by molar-refractivity contribution is 5.70. The second-order valence-corrected chi connectivity index (χ2v) is 4.78. The second-order valence-electron chi connectivity index (χ2n) is 4.78. The summed E-state index contributed by atoms with van der Waals surface area (Å²) in [6.07, 6.45) is 0.317. The van der Waals surface area contributed by atoms with Crippen molar-refractivity contribution in [1.29, 1.82) is 0 Å². The first-order valence-corrected chi connectivity index (χ1v) is 6.95. The Morgan fingerprint density at radius 3 is 2.57 bits per heavy atom. The Labute approximate surface area is 132 Å². The summed E-state index contributed by atoms with van der Waals surface area (Å²) in [4.78, 5) is 36.4. The summed E-state index contributed by atoms with van der Waals surface area (Å²) < 4.78 is 11.7. The van der Waals surface area contributed by atoms with Crippen LogP contribution in [0.5, 0.6) is 0 Å². The van der Waals surface area contributed by atoms with E-state index in [0.29, 0.717) is 4.57 Å². The molecule has 7 heteroatoms. The SMILES string of the molecule is [CH2]COCn1cc(C)c(=O)n(C(=O)OCc2ccccc2)c1=O. The molecule has 1 aromatic carbocycles. The van der Waals surface area contributed by atoms with Crippen LogP contribution in [0, 0.1) is 13.8 Å². The number of hydrogen-bond acceptors (Lipinski definition) is 5. The van der Waals surface area contributed by atoms with Gasteiger partial charge in [-0.15, -0.1) is 0 Å². The van der Waals surface area contributed by atoms with Gasteiger partial charge in [0.15, 0.2) is 0 Å². The van der Waals surface area contributed by atoms with E-state index in [-0.39, 0.29) is 25.5 Å². The molecule has 1 heterocycles. The van der Waals surface area contributed by atoms with E-state index in [4.69, 9.17) is 9.47 Å². The first kappa shape index (κ1) is 16.7. The lowest BCUT2D eigenvalue weighted by atomic mass is 10.2. The Morgan fingerprint density at radius 2 is 1.91 bits per heavy atom. The number of ether oxygens (including phenoxy) is 2. The molecule has 0 aliphatic rings. The van der Waals surface area contributed by atoms with Gasteiger partial charge in [0.25, 0.3) is 5.56 Å². The number of carbonyl (C=O) groups excluding carboxylic acids is 1. The van der Waals surface area contributed by atoms with Crippen LogP contribution in [-0.2, 0) is 22.8 Å². The zero-order valence-electron chi connectivity index (χ0n) is 12.7. The lowest BCUT2D eigenvalue weighted by Gasteiger charge is -2.11. The molecule has 1 aromatic heterocycles. The quantitative estimate of drug-likeness (QED) is 0.831. The normalized spacial score (nSPS) is 10.5. The van der Waals surface area contributed by atoms with Gasteiger partial charge in [0, 0.05) is 18.4 Å². The molecule has 121 valence electrons. The van der Waals surface area contributed by atoms with Gasteiger partial charge in [-0.25, -0.2) is 9.59 Å². The first-order chi connectivity index (χ1) is 11.0. The summed E-state index contributed by atoms with van der Waals surface area (Å²) >= 11 is 0. The van der Waals surface area contributed by atoms with Crippen molar-refractivity contribution in [2.75, 3.05) is 6.61 Å². The third kappa shape index (κ3) is 3.95. The summed E-state index contributed by atoms with van der Waals surface area (Å²) in [7, 11) is 0. The van der Waals surface area contributed by atoms with Crippen LogP contribution in [0.15, 0.2) is 46.1 Å². The summed E-state index contributed by atoms with van der Waals surface area (Å²) in [6.45, 7) is 5.02. The van der Waals surface area contributed by atoms with E-state index in [2.05, 4.69) is 6.92 Å². The number of benzene rings is 1. The molecular weight excluding hydrogens is 300 g/mol. The number of aryl methyl sites for hydroxylation is 1. The standard InChI is InChI=1S/C16H17N2O5/c1-3-22-11-17-9-12(2)14(19)18(15(17)20)16(21)23-10-13-7-5-4-6-8-13/h4-9H,1,3,10-11H2,2H3. The first-order valence-electron chi connectivity index (χ1n) is 6.95. The van der Waals surface area contributed by atoms with Crippen LogP contribution in [-0.4, -0.2) is 21.8 Å². The molecule has 0 atom stereocenters. The van der Waals surface area contributed by atoms with Gasteiger partial charge in [0.2, 0.25) is 0 Å². The molecule has 0 spiro atoms. The Hall–Kier alpha value is -2.67. The van der Waals surface area contributed by atoms with Crippen LogP contribution < -0.4 is 11.2 Å². The zero-order valence-corrected chi connectivity index (χ0v) is 12.7. The monoisotopic (exact) mass is 317 g/mol. The van der Waals surface area contributed by atoms with E-state index in [9.17, 15) is 14.4 Å². The highest BCUT2D eigenvalue weighted by Crippen LogP contribution is 2.01. The largest absolute Gasteiger partial charge is 0.444 e. The van der Waals surface area contributed by atoms with Gasteiger partial charge in [-0.2, -0.15) is 4.57 Å². The molecule has 0 fully saturated rings. The van der Waals surface area contributed by atoms with E-state index in [1.54, 1.807) is 24.3 Å². The minimum Gasteiger partial charge on any atom is -0.444 e. The van der Waals surface area contributed by atoms with Gasteiger partial charge in [0.05, 0.1) is 0 Å². The third-order valence-electron chi connectivity index (χ3n) is 3.09. The van der Waals surface area contributed by atoms with E-state index in [1.165, 1.54) is 13.1 Å². The third-order valence-corrected chi connectivity index (χ3v) is 3.09. The average molecular weight is 317 g/mol. The smallest absolute Gasteiger partial charge is 0.425 e. The van der Waals surface area contributed by atoms with Crippen molar-refractivity contribution in [1.82, 2.24) is 9.13 Å². The Kier molecular flexibility index (Phi) is 5.48. The van der Waals surface area contributed by atoms with Crippen LogP contribution >= 0.6 is 0 Å². The van der Waals surface area contributed by atoms with Crippen molar-refractivity contribution in [2.45, 2.75) is 20.3 Å². The van der Waals surface area contributed by atoms with Crippen molar-refractivity contribution < 1.29 is 14.3 Å². The maximum absolute atomic E-state index is 12.2. The Balaban J connectivity index is 2.27. The van der Waals surface area contributed by atoms with Crippen molar-refractivity contribution in [3.63, 3.8) is 0 Å². The van der Waals surface area contributed by atoms with Crippen LogP contribution in [0.4, 0.5) is 4.79 Å². The summed E-state index contributed by atoms with van der Waals surface area (Å²) in [6, 6.07) is 8.97. The maximum Gasteiger partial charge on any atom is 0.425 e. The molecular formula is C16H17N2O5. The van der Waals surface area contributed by atoms with Gasteiger partial charge in [-0.3, -0.25) is 9.36 Å². The predicted molar refractivity (Wildman–Crippen MR) is 83.0 cm³/mol. The van der Waals surface area contributed by atoms with Crippen LogP contribution in [0.25, 0.3) is 0 Å². The number of hydrogen-bond donors (Lipinski definition) is 0. The van der Waals surface area contributed by atoms with Crippen LogP contribution in [0.3, 0.4) is 0 Å². The molecule has 0 N–H and O–H groups in total. The zero-order chi connectivity index (χ0) is 16.8. The fourth-order valence-electron chi connectivity index (χ4n) is 1.94. The maximum atomic E-state index is 12.2. The number of nitrogens with zero attached hydrogens (tertiary/aromatic N) is 2. The molecule has 0 aliphatic heterocycles. The second kappa shape index (κ2) is 7.55. The molecule has 0 aliphatic carbocycles. The van der Waals surface area contributed by atoms with Gasteiger partial charge >= 0.3 is 11.8 Å². The highest BCUT2D eigenvalue weighted by Gasteiger charge is 2.17. The fourth-order valence-corrected chi connectivity index (χ4v) is 1.94. The van der Waals surface area contributed by atoms with E-state index in [0.717, 1.165) is 10.1 Å². The molecule has 7 nitrogen and oxygen atoms in total. The topological polar surface area (TPSA) is 79.5 Å². The summed E-state index contributed by atoms with van der Waals surface area (Å²) in [5, 5.41) is 0. The average Bonchev–Trinajstić information content (AvgIpc) is 2.56. The fraction of sp³-hybridized carbons (Fsp3) is 0.250. The van der Waals surface area contributed by atoms with Crippen LogP contribution in [0.1, 0.15) is 11.1 Å². The predicted octanol–water partition coefficient (Wildman–Crippen LogP) is 1.31. The van der Waals surface area contributed by atoms with Gasteiger partial charge < -0.3 is 9.47 Å². The minimum absolute atomic E-state index is 0.0329. The summed E-state index contributed by atoms with van der Waals surface area (Å²) in [5.41, 5.74) is -0.540. The molecule has 23 heavy (non-hydrogen) atoms. The Bertz CT molecular complexity index is 792. The molecule has 1 radical (unpaired) electrons. The van der Waals surface area contributed by atoms with E-state index < -0.39 is 17.3 Å². The van der Waals surface area contributed by atoms with Gasteiger partial charge in [0.1, 0.15) is 13.3 Å². The lowest BCUT2D eigenvalue weighted by molar-refractivity contribution is 0.0925.